The highest BCUT2D eigenvalue weighted by Gasteiger charge is 2.12. The van der Waals surface area contributed by atoms with Gasteiger partial charge in [0.2, 0.25) is 0 Å². The summed E-state index contributed by atoms with van der Waals surface area (Å²) >= 11 is 0. The van der Waals surface area contributed by atoms with Gasteiger partial charge in [-0.15, -0.1) is 0 Å². The first-order valence-corrected chi connectivity index (χ1v) is 7.05. The molecule has 0 aliphatic heterocycles. The monoisotopic (exact) mass is 309 g/mol. The molecule has 116 valence electrons. The molecule has 3 aromatic heterocycles. The summed E-state index contributed by atoms with van der Waals surface area (Å²) in [5.74, 6) is 0.259. The predicted molar refractivity (Wildman–Crippen MR) is 84.3 cm³/mol. The Hall–Kier alpha value is -3.22. The largest absolute Gasteiger partial charge is 0.348 e. The first kappa shape index (κ1) is 14.7. The lowest BCUT2D eigenvalue weighted by Gasteiger charge is -2.10. The van der Waals surface area contributed by atoms with E-state index in [1.165, 1.54) is 6.07 Å². The van der Waals surface area contributed by atoms with Gasteiger partial charge in [-0.3, -0.25) is 14.2 Å². The Labute approximate surface area is 132 Å². The summed E-state index contributed by atoms with van der Waals surface area (Å²) in [5, 5.41) is 2.75. The lowest BCUT2D eigenvalue weighted by atomic mass is 10.2. The maximum atomic E-state index is 12.2. The molecule has 7 heteroatoms. The van der Waals surface area contributed by atoms with E-state index in [1.807, 2.05) is 6.07 Å². The topological polar surface area (TPSA) is 92.7 Å². The molecular weight excluding hydrogens is 294 g/mol. The molecule has 0 spiro atoms. The zero-order chi connectivity index (χ0) is 16.2. The van der Waals surface area contributed by atoms with E-state index >= 15 is 0 Å². The smallest absolute Gasteiger partial charge is 0.260 e. The normalized spacial score (nSPS) is 10.5. The lowest BCUT2D eigenvalue weighted by Crippen LogP contribution is -2.29. The standard InChI is InChI=1S/C16H15N5O2/c1-11-4-5-13(16(23)20-11)15(22)19-9-12-3-2-6-18-14(12)21-8-7-17-10-21/h2-8,10H,9H2,1H3,(H,19,22)(H,20,23). The van der Waals surface area contributed by atoms with Gasteiger partial charge in [0.05, 0.1) is 0 Å². The van der Waals surface area contributed by atoms with Gasteiger partial charge in [0.25, 0.3) is 11.5 Å². The number of amides is 1. The van der Waals surface area contributed by atoms with Gasteiger partial charge >= 0.3 is 0 Å². The Morgan fingerprint density at radius 1 is 1.30 bits per heavy atom. The number of pyridine rings is 2. The molecule has 3 rings (SSSR count). The maximum absolute atomic E-state index is 12.2. The van der Waals surface area contributed by atoms with Gasteiger partial charge < -0.3 is 10.3 Å². The number of aromatic amines is 1. The van der Waals surface area contributed by atoms with E-state index in [9.17, 15) is 9.59 Å². The molecule has 2 N–H and O–H groups in total. The summed E-state index contributed by atoms with van der Waals surface area (Å²) in [7, 11) is 0. The Kier molecular flexibility index (Phi) is 4.01. The summed E-state index contributed by atoms with van der Waals surface area (Å²) in [4.78, 5) is 34.9. The molecular formula is C16H15N5O2. The molecule has 0 radical (unpaired) electrons. The van der Waals surface area contributed by atoms with Crippen LogP contribution >= 0.6 is 0 Å². The molecule has 0 fully saturated rings. The summed E-state index contributed by atoms with van der Waals surface area (Å²) in [6.07, 6.45) is 6.74. The lowest BCUT2D eigenvalue weighted by molar-refractivity contribution is 0.0949. The molecule has 3 heterocycles. The molecule has 0 saturated carbocycles. The third-order valence-corrected chi connectivity index (χ3v) is 3.36. The van der Waals surface area contributed by atoms with E-state index < -0.39 is 11.5 Å². The zero-order valence-corrected chi connectivity index (χ0v) is 12.5. The first-order chi connectivity index (χ1) is 11.1. The van der Waals surface area contributed by atoms with E-state index in [4.69, 9.17) is 0 Å². The highest BCUT2D eigenvalue weighted by molar-refractivity contribution is 5.93. The Balaban J connectivity index is 1.79. The number of rotatable bonds is 4. The van der Waals surface area contributed by atoms with Gasteiger partial charge in [0, 0.05) is 36.4 Å². The van der Waals surface area contributed by atoms with Crippen LogP contribution in [0.2, 0.25) is 0 Å². The minimum Gasteiger partial charge on any atom is -0.348 e. The zero-order valence-electron chi connectivity index (χ0n) is 12.5. The van der Waals surface area contributed by atoms with Crippen LogP contribution in [0.25, 0.3) is 5.82 Å². The van der Waals surface area contributed by atoms with E-state index in [0.717, 1.165) is 5.56 Å². The number of H-pyrrole nitrogens is 1. The molecule has 7 nitrogen and oxygen atoms in total. The third-order valence-electron chi connectivity index (χ3n) is 3.36. The van der Waals surface area contributed by atoms with Crippen molar-refractivity contribution in [2.45, 2.75) is 13.5 Å². The SMILES string of the molecule is Cc1ccc(C(=O)NCc2cccnc2-n2ccnc2)c(=O)[nH]1. The second-order valence-electron chi connectivity index (χ2n) is 5.02. The molecule has 3 aromatic rings. The third kappa shape index (κ3) is 3.18. The summed E-state index contributed by atoms with van der Waals surface area (Å²) in [5.41, 5.74) is 1.22. The number of hydrogen-bond donors (Lipinski definition) is 2. The predicted octanol–water partition coefficient (Wildman–Crippen LogP) is 1.19. The Morgan fingerprint density at radius 2 is 2.17 bits per heavy atom. The fourth-order valence-corrected chi connectivity index (χ4v) is 2.21. The quantitative estimate of drug-likeness (QED) is 0.757. The number of carbonyl (C=O) groups excluding carboxylic acids is 1. The second-order valence-corrected chi connectivity index (χ2v) is 5.02. The van der Waals surface area contributed by atoms with Crippen LogP contribution in [0.5, 0.6) is 0 Å². The Morgan fingerprint density at radius 3 is 2.91 bits per heavy atom. The summed E-state index contributed by atoms with van der Waals surface area (Å²) in [6.45, 7) is 2.02. The first-order valence-electron chi connectivity index (χ1n) is 7.05. The van der Waals surface area contributed by atoms with Gasteiger partial charge in [-0.2, -0.15) is 0 Å². The molecule has 23 heavy (non-hydrogen) atoms. The van der Waals surface area contributed by atoms with Gasteiger partial charge in [0.1, 0.15) is 17.7 Å². The number of imidazole rings is 1. The van der Waals surface area contributed by atoms with Crippen LogP contribution < -0.4 is 10.9 Å². The van der Waals surface area contributed by atoms with Crippen molar-refractivity contribution < 1.29 is 4.79 Å². The van der Waals surface area contributed by atoms with Crippen molar-refractivity contribution in [3.05, 3.63) is 76.4 Å². The minimum absolute atomic E-state index is 0.0867. The number of hydrogen-bond acceptors (Lipinski definition) is 4. The fraction of sp³-hybridized carbons (Fsp3) is 0.125. The maximum Gasteiger partial charge on any atom is 0.260 e. The van der Waals surface area contributed by atoms with Gasteiger partial charge in [0.15, 0.2) is 0 Å². The number of carbonyl (C=O) groups is 1. The van der Waals surface area contributed by atoms with Crippen molar-refractivity contribution >= 4 is 5.91 Å². The molecule has 0 aliphatic carbocycles. The van der Waals surface area contributed by atoms with Crippen LogP contribution in [0, 0.1) is 6.92 Å². The summed E-state index contributed by atoms with van der Waals surface area (Å²) < 4.78 is 1.76. The average Bonchev–Trinajstić information content (AvgIpc) is 3.07. The molecule has 0 aliphatic rings. The molecule has 0 bridgehead atoms. The van der Waals surface area contributed by atoms with E-state index in [1.54, 1.807) is 48.5 Å². The highest BCUT2D eigenvalue weighted by atomic mass is 16.2. The van der Waals surface area contributed by atoms with E-state index in [-0.39, 0.29) is 12.1 Å². The van der Waals surface area contributed by atoms with Crippen molar-refractivity contribution in [3.63, 3.8) is 0 Å². The molecule has 0 atom stereocenters. The highest BCUT2D eigenvalue weighted by Crippen LogP contribution is 2.10. The Bertz CT molecular complexity index is 883. The number of nitrogens with zero attached hydrogens (tertiary/aromatic N) is 3. The van der Waals surface area contributed by atoms with Gasteiger partial charge in [-0.25, -0.2) is 9.97 Å². The van der Waals surface area contributed by atoms with E-state index in [2.05, 4.69) is 20.3 Å². The molecule has 0 aromatic carbocycles. The van der Waals surface area contributed by atoms with Crippen molar-refractivity contribution in [2.75, 3.05) is 0 Å². The van der Waals surface area contributed by atoms with Crippen LogP contribution in [-0.4, -0.2) is 25.4 Å². The summed E-state index contributed by atoms with van der Waals surface area (Å²) in [6, 6.07) is 6.86. The van der Waals surface area contributed by atoms with Crippen molar-refractivity contribution in [3.8, 4) is 5.82 Å². The number of aryl methyl sites for hydroxylation is 1. The molecule has 1 amide bonds. The van der Waals surface area contributed by atoms with Crippen LogP contribution in [0.15, 0.2) is 54.0 Å². The minimum atomic E-state index is -0.424. The van der Waals surface area contributed by atoms with Crippen LogP contribution in [-0.2, 0) is 6.54 Å². The molecule has 0 unspecified atom stereocenters. The van der Waals surface area contributed by atoms with E-state index in [0.29, 0.717) is 11.5 Å². The number of nitrogens with one attached hydrogen (secondary N) is 2. The molecule has 0 saturated heterocycles. The van der Waals surface area contributed by atoms with Crippen LogP contribution in [0.4, 0.5) is 0 Å². The van der Waals surface area contributed by atoms with Gasteiger partial charge in [-0.1, -0.05) is 6.07 Å². The van der Waals surface area contributed by atoms with Gasteiger partial charge in [-0.05, 0) is 25.1 Å². The average molecular weight is 309 g/mol. The fourth-order valence-electron chi connectivity index (χ4n) is 2.21. The van der Waals surface area contributed by atoms with Crippen molar-refractivity contribution in [1.82, 2.24) is 24.8 Å². The van der Waals surface area contributed by atoms with Crippen LogP contribution in [0.1, 0.15) is 21.6 Å². The van der Waals surface area contributed by atoms with Crippen molar-refractivity contribution in [1.29, 1.82) is 0 Å². The van der Waals surface area contributed by atoms with Crippen LogP contribution in [0.3, 0.4) is 0 Å². The van der Waals surface area contributed by atoms with Crippen molar-refractivity contribution in [2.24, 2.45) is 0 Å². The second kappa shape index (κ2) is 6.27. The number of aromatic nitrogens is 4.